The van der Waals surface area contributed by atoms with Gasteiger partial charge >= 0.3 is 0 Å². The highest BCUT2D eigenvalue weighted by atomic mass is 35.5. The molecule has 1 aliphatic rings. The van der Waals surface area contributed by atoms with E-state index in [1.807, 2.05) is 0 Å². The van der Waals surface area contributed by atoms with Crippen LogP contribution in [-0.4, -0.2) is 20.7 Å². The molecular weight excluding hydrogens is 225 g/mol. The lowest BCUT2D eigenvalue weighted by molar-refractivity contribution is -0.118. The van der Waals surface area contributed by atoms with Crippen molar-refractivity contribution in [2.45, 2.75) is 25.2 Å². The highest BCUT2D eigenvalue weighted by Crippen LogP contribution is 2.29. The number of hydrogen-bond acceptors (Lipinski definition) is 4. The molecule has 4 nitrogen and oxygen atoms in total. The van der Waals surface area contributed by atoms with Gasteiger partial charge in [-0.15, -0.1) is 0 Å². The van der Waals surface area contributed by atoms with Gasteiger partial charge < -0.3 is 0 Å². The van der Waals surface area contributed by atoms with Crippen LogP contribution in [0, 0.1) is 0 Å². The smallest absolute Gasteiger partial charge is 0.226 e. The molecule has 0 saturated heterocycles. The summed E-state index contributed by atoms with van der Waals surface area (Å²) < 4.78 is 0. The summed E-state index contributed by atoms with van der Waals surface area (Å²) in [5, 5.41) is 0.0828. The zero-order valence-electron chi connectivity index (χ0n) is 7.20. The van der Waals surface area contributed by atoms with E-state index >= 15 is 0 Å². The lowest BCUT2D eigenvalue weighted by Crippen LogP contribution is -2.10. The first-order valence-electron chi connectivity index (χ1n) is 4.26. The molecule has 0 aromatic carbocycles. The summed E-state index contributed by atoms with van der Waals surface area (Å²) in [5.74, 6) is 0.314. The lowest BCUT2D eigenvalue weighted by atomic mass is 10.1. The minimum atomic E-state index is -0.243. The molecule has 0 bridgehead atoms. The molecule has 6 heteroatoms. The molecule has 0 amide bonds. The van der Waals surface area contributed by atoms with E-state index in [2.05, 4.69) is 15.0 Å². The summed E-state index contributed by atoms with van der Waals surface area (Å²) in [4.78, 5) is 22.8. The van der Waals surface area contributed by atoms with Crippen LogP contribution in [0.4, 0.5) is 0 Å². The second kappa shape index (κ2) is 3.79. The molecule has 0 aliphatic heterocycles. The number of ketones is 1. The zero-order valence-corrected chi connectivity index (χ0v) is 8.72. The van der Waals surface area contributed by atoms with Crippen molar-refractivity contribution in [3.63, 3.8) is 0 Å². The van der Waals surface area contributed by atoms with Crippen molar-refractivity contribution in [3.8, 4) is 0 Å². The van der Waals surface area contributed by atoms with Crippen LogP contribution in [0.5, 0.6) is 0 Å². The van der Waals surface area contributed by atoms with E-state index in [9.17, 15) is 4.79 Å². The Bertz CT molecular complexity index is 363. The first-order valence-corrected chi connectivity index (χ1v) is 5.02. The van der Waals surface area contributed by atoms with Gasteiger partial charge in [0, 0.05) is 6.42 Å². The SMILES string of the molecule is O=C1CCCC1c1nc(Cl)nc(Cl)n1. The minimum absolute atomic E-state index is 0.0414. The maximum atomic E-state index is 11.4. The third kappa shape index (κ3) is 1.86. The average Bonchev–Trinajstić information content (AvgIpc) is 2.49. The molecule has 74 valence electrons. The monoisotopic (exact) mass is 231 g/mol. The molecule has 1 saturated carbocycles. The van der Waals surface area contributed by atoms with Gasteiger partial charge in [-0.2, -0.15) is 4.98 Å². The molecule has 2 rings (SSSR count). The predicted octanol–water partition coefficient (Wildman–Crippen LogP) is 2.01. The second-order valence-electron chi connectivity index (χ2n) is 3.14. The van der Waals surface area contributed by atoms with Gasteiger partial charge in [-0.1, -0.05) is 0 Å². The van der Waals surface area contributed by atoms with Crippen molar-refractivity contribution in [2.24, 2.45) is 0 Å². The molecule has 1 heterocycles. The summed E-state index contributed by atoms with van der Waals surface area (Å²) >= 11 is 11.2. The van der Waals surface area contributed by atoms with Gasteiger partial charge in [-0.3, -0.25) is 4.79 Å². The van der Waals surface area contributed by atoms with Crippen LogP contribution in [-0.2, 0) is 4.79 Å². The molecule has 0 radical (unpaired) electrons. The van der Waals surface area contributed by atoms with Crippen molar-refractivity contribution >= 4 is 29.0 Å². The van der Waals surface area contributed by atoms with Crippen molar-refractivity contribution in [3.05, 3.63) is 16.4 Å². The molecule has 0 spiro atoms. The summed E-state index contributed by atoms with van der Waals surface area (Å²) in [5.41, 5.74) is 0. The Morgan fingerprint density at radius 1 is 1.14 bits per heavy atom. The highest BCUT2D eigenvalue weighted by molar-refractivity contribution is 6.31. The standard InChI is InChI=1S/C8H7Cl2N3O/c9-7-11-6(12-8(10)13-7)4-2-1-3-5(4)14/h4H,1-3H2. The number of rotatable bonds is 1. The van der Waals surface area contributed by atoms with Gasteiger partial charge in [0.05, 0.1) is 5.92 Å². The number of nitrogens with zero attached hydrogens (tertiary/aromatic N) is 3. The van der Waals surface area contributed by atoms with Crippen molar-refractivity contribution in [1.82, 2.24) is 15.0 Å². The van der Waals surface area contributed by atoms with Gasteiger partial charge in [-0.25, -0.2) is 9.97 Å². The van der Waals surface area contributed by atoms with Crippen molar-refractivity contribution in [1.29, 1.82) is 0 Å². The number of Topliss-reactive ketones (excluding diaryl/α,β-unsaturated/α-hetero) is 1. The second-order valence-corrected chi connectivity index (χ2v) is 3.82. The Labute approximate surface area is 90.7 Å². The lowest BCUT2D eigenvalue weighted by Gasteiger charge is -2.05. The van der Waals surface area contributed by atoms with E-state index in [0.717, 1.165) is 12.8 Å². The largest absolute Gasteiger partial charge is 0.299 e. The first-order chi connectivity index (χ1) is 6.66. The quantitative estimate of drug-likeness (QED) is 0.743. The maximum absolute atomic E-state index is 11.4. The van der Waals surface area contributed by atoms with Crippen LogP contribution in [0.15, 0.2) is 0 Å². The number of halogens is 2. The summed E-state index contributed by atoms with van der Waals surface area (Å²) in [6, 6.07) is 0. The molecule has 1 unspecified atom stereocenters. The fraction of sp³-hybridized carbons (Fsp3) is 0.500. The molecule has 14 heavy (non-hydrogen) atoms. The van der Waals surface area contributed by atoms with E-state index in [4.69, 9.17) is 23.2 Å². The van der Waals surface area contributed by atoms with E-state index in [1.54, 1.807) is 0 Å². The molecule has 1 aromatic rings. The molecule has 1 fully saturated rings. The van der Waals surface area contributed by atoms with Gasteiger partial charge in [0.2, 0.25) is 10.6 Å². The molecule has 1 aromatic heterocycles. The Morgan fingerprint density at radius 3 is 2.29 bits per heavy atom. The first kappa shape index (κ1) is 9.80. The van der Waals surface area contributed by atoms with Gasteiger partial charge in [0.25, 0.3) is 0 Å². The highest BCUT2D eigenvalue weighted by Gasteiger charge is 2.29. The molecule has 1 aliphatic carbocycles. The number of aromatic nitrogens is 3. The topological polar surface area (TPSA) is 55.7 Å². The van der Waals surface area contributed by atoms with E-state index in [0.29, 0.717) is 12.2 Å². The fourth-order valence-electron chi connectivity index (χ4n) is 1.58. The number of carbonyl (C=O) groups is 1. The zero-order chi connectivity index (χ0) is 10.1. The van der Waals surface area contributed by atoms with E-state index in [-0.39, 0.29) is 22.3 Å². The minimum Gasteiger partial charge on any atom is -0.299 e. The molecular formula is C8H7Cl2N3O. The van der Waals surface area contributed by atoms with Crippen LogP contribution in [0.3, 0.4) is 0 Å². The van der Waals surface area contributed by atoms with Crippen LogP contribution in [0.2, 0.25) is 10.6 Å². The Kier molecular flexibility index (Phi) is 2.65. The summed E-state index contributed by atoms with van der Waals surface area (Å²) in [6.07, 6.45) is 2.24. The van der Waals surface area contributed by atoms with Crippen LogP contribution >= 0.6 is 23.2 Å². The average molecular weight is 232 g/mol. The fourth-order valence-corrected chi connectivity index (χ4v) is 1.96. The van der Waals surface area contributed by atoms with Crippen molar-refractivity contribution in [2.75, 3.05) is 0 Å². The maximum Gasteiger partial charge on any atom is 0.226 e. The number of carbonyl (C=O) groups excluding carboxylic acids is 1. The molecule has 1 atom stereocenters. The normalized spacial score (nSPS) is 21.6. The van der Waals surface area contributed by atoms with Crippen LogP contribution < -0.4 is 0 Å². The van der Waals surface area contributed by atoms with Gasteiger partial charge in [-0.05, 0) is 36.0 Å². The van der Waals surface area contributed by atoms with Gasteiger partial charge in [0.15, 0.2) is 0 Å². The summed E-state index contributed by atoms with van der Waals surface area (Å²) in [7, 11) is 0. The number of hydrogen-bond donors (Lipinski definition) is 0. The Morgan fingerprint density at radius 2 is 1.79 bits per heavy atom. The third-order valence-electron chi connectivity index (χ3n) is 2.21. The van der Waals surface area contributed by atoms with E-state index in [1.165, 1.54) is 0 Å². The predicted molar refractivity (Wildman–Crippen MR) is 51.4 cm³/mol. The van der Waals surface area contributed by atoms with Crippen LogP contribution in [0.1, 0.15) is 31.0 Å². The third-order valence-corrected chi connectivity index (χ3v) is 2.55. The Hall–Kier alpha value is -0.740. The summed E-state index contributed by atoms with van der Waals surface area (Å²) in [6.45, 7) is 0. The Balaban J connectivity index is 2.35. The van der Waals surface area contributed by atoms with E-state index < -0.39 is 0 Å². The van der Waals surface area contributed by atoms with Crippen molar-refractivity contribution < 1.29 is 4.79 Å². The van der Waals surface area contributed by atoms with Gasteiger partial charge in [0.1, 0.15) is 11.6 Å². The van der Waals surface area contributed by atoms with Crippen LogP contribution in [0.25, 0.3) is 0 Å². The molecule has 0 N–H and O–H groups in total.